The van der Waals surface area contributed by atoms with Gasteiger partial charge in [-0.15, -0.1) is 0 Å². The lowest BCUT2D eigenvalue weighted by Gasteiger charge is -2.42. The van der Waals surface area contributed by atoms with Gasteiger partial charge in [-0.2, -0.15) is 15.2 Å². The van der Waals surface area contributed by atoms with Gasteiger partial charge in [0.15, 0.2) is 0 Å². The van der Waals surface area contributed by atoms with Gasteiger partial charge in [-0.05, 0) is 49.9 Å². The number of aromatic nitrogens is 2. The third-order valence-electron chi connectivity index (χ3n) is 10.2. The fourth-order valence-electron chi connectivity index (χ4n) is 7.37. The molecule has 3 aromatic rings. The Kier molecular flexibility index (Phi) is 8.25. The zero-order valence-corrected chi connectivity index (χ0v) is 26.5. The van der Waals surface area contributed by atoms with Crippen molar-refractivity contribution in [3.63, 3.8) is 0 Å². The number of hydrogen-bond acceptors (Lipinski definition) is 9. The summed E-state index contributed by atoms with van der Waals surface area (Å²) < 4.78 is 21.6. The molecule has 0 N–H and O–H groups in total. The molecule has 4 heterocycles. The maximum absolute atomic E-state index is 15.1. The largest absolute Gasteiger partial charge is 0.461 e. The maximum atomic E-state index is 15.1. The highest BCUT2D eigenvalue weighted by Crippen LogP contribution is 2.43. The van der Waals surface area contributed by atoms with Crippen LogP contribution in [0.4, 0.5) is 15.9 Å². The van der Waals surface area contributed by atoms with Crippen molar-refractivity contribution in [1.29, 1.82) is 5.26 Å². The molecule has 0 radical (unpaired) electrons. The highest BCUT2D eigenvalue weighted by Gasteiger charge is 2.49. The molecule has 1 amide bonds. The number of amides is 1. The summed E-state index contributed by atoms with van der Waals surface area (Å²) in [5, 5.41) is 11.1. The number of carbonyl (C=O) groups is 1. The number of nitrogens with zero attached hydrogens (tertiary/aromatic N) is 8. The minimum Gasteiger partial charge on any atom is -0.461 e. The third kappa shape index (κ3) is 5.76. The van der Waals surface area contributed by atoms with E-state index in [0.717, 1.165) is 67.2 Å². The van der Waals surface area contributed by atoms with E-state index < -0.39 is 0 Å². The van der Waals surface area contributed by atoms with Crippen LogP contribution in [0.15, 0.2) is 49.1 Å². The second kappa shape index (κ2) is 12.5. The van der Waals surface area contributed by atoms with Crippen molar-refractivity contribution in [1.82, 2.24) is 24.7 Å². The highest BCUT2D eigenvalue weighted by molar-refractivity contribution is 5.95. The predicted molar refractivity (Wildman–Crippen MR) is 175 cm³/mol. The van der Waals surface area contributed by atoms with E-state index in [0.29, 0.717) is 57.1 Å². The van der Waals surface area contributed by atoms with E-state index in [4.69, 9.17) is 14.7 Å². The molecule has 1 aliphatic carbocycles. The summed E-state index contributed by atoms with van der Waals surface area (Å²) in [5.74, 6) is 0.410. The highest BCUT2D eigenvalue weighted by atomic mass is 19.1. The van der Waals surface area contributed by atoms with Crippen molar-refractivity contribution < 1.29 is 13.9 Å². The van der Waals surface area contributed by atoms with E-state index in [1.807, 2.05) is 24.3 Å². The predicted octanol–water partition coefficient (Wildman–Crippen LogP) is 3.61. The first-order valence-corrected chi connectivity index (χ1v) is 16.3. The number of hydrogen-bond donors (Lipinski definition) is 0. The summed E-state index contributed by atoms with van der Waals surface area (Å²) in [5.41, 5.74) is 2.79. The van der Waals surface area contributed by atoms with E-state index in [1.54, 1.807) is 11.0 Å². The average molecular weight is 625 g/mol. The molecule has 4 aliphatic rings. The Morgan fingerprint density at radius 2 is 1.87 bits per heavy atom. The monoisotopic (exact) mass is 624 g/mol. The lowest BCUT2D eigenvalue weighted by Crippen LogP contribution is -2.55. The fourth-order valence-corrected chi connectivity index (χ4v) is 7.37. The second-order valence-electron chi connectivity index (χ2n) is 13.0. The molecule has 2 saturated heterocycles. The van der Waals surface area contributed by atoms with Crippen molar-refractivity contribution in [2.24, 2.45) is 0 Å². The first kappa shape index (κ1) is 30.4. The summed E-state index contributed by atoms with van der Waals surface area (Å²) in [6, 6.07) is 13.4. The molecule has 11 heteroatoms. The van der Waals surface area contributed by atoms with Crippen LogP contribution < -0.4 is 14.5 Å². The number of fused-ring (bicyclic) bond motifs is 2. The van der Waals surface area contributed by atoms with E-state index >= 15 is 4.39 Å². The van der Waals surface area contributed by atoms with Crippen molar-refractivity contribution in [3.05, 3.63) is 66.1 Å². The van der Waals surface area contributed by atoms with Crippen LogP contribution >= 0.6 is 0 Å². The van der Waals surface area contributed by atoms with Gasteiger partial charge in [0.2, 0.25) is 5.91 Å². The number of benzene rings is 2. The van der Waals surface area contributed by atoms with Gasteiger partial charge in [0.1, 0.15) is 18.2 Å². The first-order valence-electron chi connectivity index (χ1n) is 16.3. The Morgan fingerprint density at radius 1 is 1.09 bits per heavy atom. The van der Waals surface area contributed by atoms with Crippen LogP contribution in [0, 0.1) is 17.1 Å². The Labute approximate surface area is 269 Å². The molecule has 1 atom stereocenters. The lowest BCUT2D eigenvalue weighted by molar-refractivity contribution is -0.128. The molecule has 10 nitrogen and oxygen atoms in total. The van der Waals surface area contributed by atoms with Crippen molar-refractivity contribution in [2.45, 2.75) is 43.8 Å². The van der Waals surface area contributed by atoms with Crippen LogP contribution in [0.2, 0.25) is 0 Å². The van der Waals surface area contributed by atoms with Crippen LogP contribution in [0.5, 0.6) is 6.01 Å². The van der Waals surface area contributed by atoms with Crippen LogP contribution in [-0.2, 0) is 17.8 Å². The van der Waals surface area contributed by atoms with E-state index in [2.05, 4.69) is 39.3 Å². The minimum atomic E-state index is -0.273. The van der Waals surface area contributed by atoms with Gasteiger partial charge in [0.05, 0.1) is 36.3 Å². The fraction of sp³-hybridized carbons (Fsp3) is 0.486. The topological polar surface area (TPSA) is 92.1 Å². The van der Waals surface area contributed by atoms with Gasteiger partial charge in [-0.1, -0.05) is 30.8 Å². The quantitative estimate of drug-likeness (QED) is 0.349. The molecule has 3 fully saturated rings. The van der Waals surface area contributed by atoms with Crippen molar-refractivity contribution in [2.75, 3.05) is 75.8 Å². The molecule has 1 aromatic heterocycles. The van der Waals surface area contributed by atoms with Crippen molar-refractivity contribution >= 4 is 28.2 Å². The summed E-state index contributed by atoms with van der Waals surface area (Å²) in [6.07, 6.45) is 4.42. The number of anilines is 2. The molecular formula is C35H41FN8O2. The van der Waals surface area contributed by atoms with Gasteiger partial charge in [0.25, 0.3) is 0 Å². The first-order chi connectivity index (χ1) is 22.4. The zero-order valence-electron chi connectivity index (χ0n) is 26.5. The SMILES string of the molecule is C=CC(=O)N1CCN(c2nc(OCC3(N4CCN(C)CC4)CC3)nc3c2CCN(c2cccc4cccc(F)c24)C3)C[C@@H]1CC#N. The molecule has 0 unspecified atom stereocenters. The Morgan fingerprint density at radius 3 is 2.61 bits per heavy atom. The normalized spacial score (nSPS) is 21.5. The van der Waals surface area contributed by atoms with Crippen LogP contribution in [0.1, 0.15) is 30.5 Å². The summed E-state index contributed by atoms with van der Waals surface area (Å²) in [6.45, 7) is 11.1. The van der Waals surface area contributed by atoms with E-state index in [1.165, 1.54) is 12.1 Å². The van der Waals surface area contributed by atoms with Gasteiger partial charge in [-0.25, -0.2) is 4.39 Å². The number of rotatable bonds is 8. The third-order valence-corrected chi connectivity index (χ3v) is 10.2. The molecule has 240 valence electrons. The summed E-state index contributed by atoms with van der Waals surface area (Å²) >= 11 is 0. The van der Waals surface area contributed by atoms with Crippen LogP contribution in [0.25, 0.3) is 10.8 Å². The number of ether oxygens (including phenoxy) is 1. The van der Waals surface area contributed by atoms with Crippen LogP contribution in [0.3, 0.4) is 0 Å². The number of carbonyl (C=O) groups excluding carboxylic acids is 1. The van der Waals surface area contributed by atoms with Crippen LogP contribution in [-0.4, -0.2) is 108 Å². The number of nitriles is 1. The van der Waals surface area contributed by atoms with Gasteiger partial charge in [-0.3, -0.25) is 9.69 Å². The lowest BCUT2D eigenvalue weighted by atomic mass is 10.0. The average Bonchev–Trinajstić information content (AvgIpc) is 3.88. The second-order valence-corrected chi connectivity index (χ2v) is 13.0. The number of piperazine rings is 2. The molecule has 46 heavy (non-hydrogen) atoms. The van der Waals surface area contributed by atoms with Gasteiger partial charge in [0, 0.05) is 69.0 Å². The Balaban J connectivity index is 1.20. The maximum Gasteiger partial charge on any atom is 0.318 e. The molecule has 7 rings (SSSR count). The molecular weight excluding hydrogens is 583 g/mol. The summed E-state index contributed by atoms with van der Waals surface area (Å²) in [7, 11) is 2.17. The van der Waals surface area contributed by atoms with Gasteiger partial charge < -0.3 is 24.3 Å². The Hall–Kier alpha value is -4.27. The van der Waals surface area contributed by atoms with Crippen molar-refractivity contribution in [3.8, 4) is 12.1 Å². The number of likely N-dealkylation sites (N-methyl/N-ethyl adjacent to an activating group) is 1. The standard InChI is InChI=1S/C35H41FN8O2/c1-3-31(45)44-21-18-42(22-26(44)10-14-37)33-27-11-15-41(30-9-5-7-25-6-4-8-28(36)32(25)30)23-29(27)38-34(39-33)46-24-35(12-13-35)43-19-16-40(2)17-20-43/h3-9,26H,1,10-13,15-24H2,2H3/t26-/m0/s1. The summed E-state index contributed by atoms with van der Waals surface area (Å²) in [4.78, 5) is 33.7. The zero-order chi connectivity index (χ0) is 31.8. The minimum absolute atomic E-state index is 0.0295. The van der Waals surface area contributed by atoms with Gasteiger partial charge >= 0.3 is 6.01 Å². The molecule has 2 aromatic carbocycles. The molecule has 1 saturated carbocycles. The molecule has 0 spiro atoms. The molecule has 0 bridgehead atoms. The smallest absolute Gasteiger partial charge is 0.318 e. The Bertz CT molecular complexity index is 1670. The van der Waals surface area contributed by atoms with E-state index in [9.17, 15) is 10.1 Å². The number of halogens is 1. The molecule has 3 aliphatic heterocycles. The van der Waals surface area contributed by atoms with E-state index in [-0.39, 0.29) is 29.7 Å².